The average molecular weight is 1010 g/mol. The summed E-state index contributed by atoms with van der Waals surface area (Å²) in [5.41, 5.74) is 12.4. The Hall–Kier alpha value is -5.78. The van der Waals surface area contributed by atoms with Gasteiger partial charge in [0, 0.05) is 66.2 Å². The largest absolute Gasteiger partial charge is 0.456 e. The molecular weight excluding hydrogens is 951 g/mol. The Morgan fingerprint density at radius 2 is 1.13 bits per heavy atom. The van der Waals surface area contributed by atoms with Gasteiger partial charge in [-0.15, -0.1) is 0 Å². The quantitative estimate of drug-likeness (QED) is 0.149. The van der Waals surface area contributed by atoms with E-state index in [4.69, 9.17) is 9.40 Å². The van der Waals surface area contributed by atoms with E-state index in [1.807, 2.05) is 73.2 Å². The van der Waals surface area contributed by atoms with Crippen molar-refractivity contribution >= 4 is 35.2 Å². The topological polar surface area (TPSA) is 51.8 Å². The fourth-order valence-corrected chi connectivity index (χ4v) is 9.51. The van der Waals surface area contributed by atoms with Gasteiger partial charge in [0.25, 0.3) is 0 Å². The van der Waals surface area contributed by atoms with E-state index in [1.165, 1.54) is 58.5 Å². The van der Waals surface area contributed by atoms with Crippen molar-refractivity contribution in [2.75, 3.05) is 0 Å². The van der Waals surface area contributed by atoms with Crippen LogP contribution in [0.2, 0.25) is 19.6 Å². The van der Waals surface area contributed by atoms with Gasteiger partial charge in [-0.25, -0.2) is 0 Å². The molecule has 4 nitrogen and oxygen atoms in total. The number of fused-ring (bicyclic) bond motifs is 3. The zero-order chi connectivity index (χ0) is 42.2. The number of nitrogens with zero attached hydrogens (tertiary/aromatic N) is 3. The van der Waals surface area contributed by atoms with Gasteiger partial charge in [0.15, 0.2) is 0 Å². The normalized spacial score (nSPS) is 12.8. The van der Waals surface area contributed by atoms with Crippen molar-refractivity contribution in [3.63, 3.8) is 0 Å². The Morgan fingerprint density at radius 3 is 1.73 bits per heavy atom. The monoisotopic (exact) mass is 1010 g/mol. The van der Waals surface area contributed by atoms with E-state index in [9.17, 15) is 0 Å². The second-order valence-corrected chi connectivity index (χ2v) is 22.7. The van der Waals surface area contributed by atoms with Crippen LogP contribution in [0, 0.1) is 5.92 Å². The second-order valence-electron chi connectivity index (χ2n) is 17.6. The number of furan rings is 1. The zero-order valence-electron chi connectivity index (χ0n) is 36.4. The minimum Gasteiger partial charge on any atom is -0.456 e. The zero-order valence-corrected chi connectivity index (χ0v) is 39.8. The molecule has 0 atom stereocenters. The Balaban J connectivity index is 0.000000165. The van der Waals surface area contributed by atoms with Crippen molar-refractivity contribution in [2.24, 2.45) is 5.92 Å². The molecule has 1 aliphatic carbocycles. The maximum absolute atomic E-state index is 6.23. The predicted molar refractivity (Wildman–Crippen MR) is 260 cm³/mol. The molecule has 1 aliphatic rings. The molecule has 6 heteroatoms. The Kier molecular flexibility index (Phi) is 14.2. The van der Waals surface area contributed by atoms with Crippen molar-refractivity contribution < 1.29 is 24.5 Å². The van der Waals surface area contributed by atoms with Crippen LogP contribution in [0.4, 0.5) is 0 Å². The molecule has 62 heavy (non-hydrogen) atoms. The molecule has 313 valence electrons. The van der Waals surface area contributed by atoms with E-state index in [1.54, 1.807) is 0 Å². The Bertz CT molecular complexity index is 2760. The molecule has 1 radical (unpaired) electrons. The number of hydrogen-bond acceptors (Lipinski definition) is 4. The van der Waals surface area contributed by atoms with Crippen LogP contribution in [0.3, 0.4) is 0 Å². The van der Waals surface area contributed by atoms with Gasteiger partial charge in [-0.1, -0.05) is 162 Å². The van der Waals surface area contributed by atoms with Gasteiger partial charge in [-0.2, -0.15) is 0 Å². The fraction of sp³-hybridized carbons (Fsp3) is 0.196. The predicted octanol–water partition coefficient (Wildman–Crippen LogP) is 14.8. The summed E-state index contributed by atoms with van der Waals surface area (Å²) in [5.74, 6) is 0.751. The van der Waals surface area contributed by atoms with E-state index in [-0.39, 0.29) is 25.5 Å². The van der Waals surface area contributed by atoms with Crippen LogP contribution in [0.25, 0.3) is 66.8 Å². The molecule has 0 aliphatic heterocycles. The number of hydrogen-bond donors (Lipinski definition) is 0. The fourth-order valence-electron chi connectivity index (χ4n) is 8.48. The second kappa shape index (κ2) is 19.9. The smallest absolute Gasteiger partial charge is 0.136 e. The van der Waals surface area contributed by atoms with Gasteiger partial charge in [0.2, 0.25) is 0 Å². The summed E-state index contributed by atoms with van der Waals surface area (Å²) >= 11 is 0. The van der Waals surface area contributed by atoms with Crippen LogP contribution >= 0.6 is 0 Å². The number of rotatable bonds is 7. The molecule has 0 spiro atoms. The maximum atomic E-state index is 6.23. The van der Waals surface area contributed by atoms with Crippen LogP contribution < -0.4 is 5.19 Å². The third-order valence-corrected chi connectivity index (χ3v) is 14.2. The van der Waals surface area contributed by atoms with Crippen LogP contribution in [0.1, 0.15) is 45.1 Å². The minimum atomic E-state index is -1.22. The summed E-state index contributed by atoms with van der Waals surface area (Å²) in [7, 11) is -1.22. The van der Waals surface area contributed by atoms with Gasteiger partial charge >= 0.3 is 0 Å². The first-order valence-electron chi connectivity index (χ1n) is 21.6. The van der Waals surface area contributed by atoms with Crippen molar-refractivity contribution in [3.05, 3.63) is 194 Å². The number of benzene rings is 5. The van der Waals surface area contributed by atoms with Crippen molar-refractivity contribution in [3.8, 4) is 44.9 Å². The van der Waals surface area contributed by atoms with Gasteiger partial charge < -0.3 is 4.42 Å². The molecule has 1 fully saturated rings. The molecule has 1 saturated carbocycles. The Morgan fingerprint density at radius 1 is 0.516 bits per heavy atom. The maximum Gasteiger partial charge on any atom is 0.136 e. The van der Waals surface area contributed by atoms with Gasteiger partial charge in [0.1, 0.15) is 11.2 Å². The summed E-state index contributed by atoms with van der Waals surface area (Å²) < 4.78 is 6.23. The van der Waals surface area contributed by atoms with E-state index < -0.39 is 8.07 Å². The van der Waals surface area contributed by atoms with Crippen LogP contribution in [0.15, 0.2) is 193 Å². The Labute approximate surface area is 381 Å². The van der Waals surface area contributed by atoms with E-state index in [0.717, 1.165) is 50.7 Å². The average Bonchev–Trinajstić information content (AvgIpc) is 4.00. The first-order chi connectivity index (χ1) is 29.6. The van der Waals surface area contributed by atoms with Crippen molar-refractivity contribution in [2.45, 2.75) is 64.6 Å². The molecule has 0 N–H and O–H groups in total. The summed E-state index contributed by atoms with van der Waals surface area (Å²) in [6, 6.07) is 58.6. The molecular formula is C56H55IrN3OSi. The van der Waals surface area contributed by atoms with Crippen LogP contribution in [0.5, 0.6) is 0 Å². The molecule has 4 heterocycles. The van der Waals surface area contributed by atoms with Crippen molar-refractivity contribution in [1.29, 1.82) is 0 Å². The molecule has 0 bridgehead atoms. The molecule has 5 aromatic carbocycles. The van der Waals surface area contributed by atoms with E-state index in [0.29, 0.717) is 0 Å². The first-order valence-corrected chi connectivity index (χ1v) is 25.1. The first kappa shape index (κ1) is 44.3. The van der Waals surface area contributed by atoms with Crippen molar-refractivity contribution in [1.82, 2.24) is 15.0 Å². The summed E-state index contributed by atoms with van der Waals surface area (Å²) in [5, 5.41) is 3.72. The van der Waals surface area contributed by atoms with Gasteiger partial charge in [-0.05, 0) is 101 Å². The SMILES string of the molecule is CC(C)(c1ccnc(-c2ccc3oc4cccc(-c5ccccc5)c4c3c2)c1)C1CCCC1.C[Si](C)(C)c1ccc(-c2ccccc2)nc1.[Ir].c1ccc(-c2ccccn2)cc1. The van der Waals surface area contributed by atoms with Crippen LogP contribution in [-0.4, -0.2) is 23.0 Å². The number of pyridine rings is 3. The van der Waals surface area contributed by atoms with Crippen LogP contribution in [-0.2, 0) is 25.5 Å². The summed E-state index contributed by atoms with van der Waals surface area (Å²) in [6.45, 7) is 11.8. The van der Waals surface area contributed by atoms with Gasteiger partial charge in [0.05, 0.1) is 25.2 Å². The summed E-state index contributed by atoms with van der Waals surface area (Å²) in [6.07, 6.45) is 11.2. The number of aromatic nitrogens is 3. The van der Waals surface area contributed by atoms with E-state index in [2.05, 4.69) is 159 Å². The molecule has 0 unspecified atom stereocenters. The third kappa shape index (κ3) is 10.3. The molecule has 0 saturated heterocycles. The summed E-state index contributed by atoms with van der Waals surface area (Å²) in [4.78, 5) is 13.6. The standard InChI is InChI=1S/C31H29NO.C14H17NSi.C11H9N.Ir/c1-31(2,23-11-6-7-12-23)24-17-18-32-27(20-24)22-15-16-28-26(19-22)30-25(13-8-14-29(30)33-28)21-9-4-3-5-10-21;1-16(2,3)13-9-10-14(15-11-13)12-7-5-4-6-8-12;1-2-6-10(7-3-1)11-8-4-5-9-12-11;/h3-5,8-10,13-20,23H,6-7,11-12H2,1-2H3;4-11H,1-3H3;1-9H;. The molecule has 9 aromatic rings. The molecule has 0 amide bonds. The van der Waals surface area contributed by atoms with E-state index >= 15 is 0 Å². The molecule has 10 rings (SSSR count). The molecule has 4 aromatic heterocycles. The minimum absolute atomic E-state index is 0. The third-order valence-electron chi connectivity index (χ3n) is 12.2. The van der Waals surface area contributed by atoms with Gasteiger partial charge in [-0.3, -0.25) is 15.0 Å².